The van der Waals surface area contributed by atoms with Crippen molar-refractivity contribution < 1.29 is 14.6 Å². The van der Waals surface area contributed by atoms with Crippen molar-refractivity contribution in [2.24, 2.45) is 0 Å². The molecule has 32 heavy (non-hydrogen) atoms. The number of halogens is 1. The number of fused-ring (bicyclic) bond motifs is 1. The first-order valence-electron chi connectivity index (χ1n) is 9.97. The van der Waals surface area contributed by atoms with Crippen LogP contribution in [0.4, 0.5) is 5.95 Å². The maximum atomic E-state index is 10.9. The second kappa shape index (κ2) is 9.20. The Hall–Kier alpha value is -3.71. The van der Waals surface area contributed by atoms with Crippen LogP contribution in [-0.4, -0.2) is 40.2 Å². The van der Waals surface area contributed by atoms with Gasteiger partial charge in [0.05, 0.1) is 12.1 Å². The van der Waals surface area contributed by atoms with Crippen LogP contribution < -0.4 is 10.1 Å². The third-order valence-electron chi connectivity index (χ3n) is 5.16. The SMILES string of the molecule is CNc1ncc2c(-c3cncc(Cl)c3)cc(-c3ccc(CCC(=O)O)cc3)c(OC)c2n1. The molecule has 0 saturated carbocycles. The Balaban J connectivity index is 1.92. The highest BCUT2D eigenvalue weighted by atomic mass is 35.5. The predicted octanol–water partition coefficient (Wildman–Crippen LogP) is 5.08. The zero-order chi connectivity index (χ0) is 22.7. The van der Waals surface area contributed by atoms with Crippen LogP contribution in [-0.2, 0) is 11.2 Å². The summed E-state index contributed by atoms with van der Waals surface area (Å²) in [5.74, 6) is 0.285. The van der Waals surface area contributed by atoms with Crippen molar-refractivity contribution in [3.63, 3.8) is 0 Å². The molecule has 0 fully saturated rings. The number of aliphatic carboxylic acids is 1. The lowest BCUT2D eigenvalue weighted by molar-refractivity contribution is -0.136. The van der Waals surface area contributed by atoms with Gasteiger partial charge in [0.15, 0.2) is 5.75 Å². The van der Waals surface area contributed by atoms with E-state index in [1.165, 1.54) is 0 Å². The predicted molar refractivity (Wildman–Crippen MR) is 125 cm³/mol. The summed E-state index contributed by atoms with van der Waals surface area (Å²) in [7, 11) is 3.37. The van der Waals surface area contributed by atoms with Crippen molar-refractivity contribution in [3.8, 4) is 28.0 Å². The van der Waals surface area contributed by atoms with Crippen LogP contribution in [0.3, 0.4) is 0 Å². The number of benzene rings is 2. The number of methoxy groups -OCH3 is 1. The first kappa shape index (κ1) is 21.5. The summed E-state index contributed by atoms with van der Waals surface area (Å²) in [5.41, 5.74) is 5.10. The van der Waals surface area contributed by atoms with Gasteiger partial charge in [-0.1, -0.05) is 35.9 Å². The van der Waals surface area contributed by atoms with Crippen LogP contribution in [0.25, 0.3) is 33.2 Å². The average Bonchev–Trinajstić information content (AvgIpc) is 2.81. The molecule has 0 bridgehead atoms. The lowest BCUT2D eigenvalue weighted by Crippen LogP contribution is -2.00. The Morgan fingerprint density at radius 3 is 2.53 bits per heavy atom. The molecule has 7 nitrogen and oxygen atoms in total. The van der Waals surface area contributed by atoms with E-state index in [9.17, 15) is 4.79 Å². The molecule has 0 radical (unpaired) electrons. The minimum Gasteiger partial charge on any atom is -0.494 e. The van der Waals surface area contributed by atoms with Gasteiger partial charge in [-0.05, 0) is 35.2 Å². The minimum absolute atomic E-state index is 0.0915. The average molecular weight is 449 g/mol. The fourth-order valence-electron chi connectivity index (χ4n) is 3.61. The minimum atomic E-state index is -0.815. The summed E-state index contributed by atoms with van der Waals surface area (Å²) in [4.78, 5) is 24.1. The van der Waals surface area contributed by atoms with Crippen LogP contribution >= 0.6 is 11.6 Å². The molecule has 8 heteroatoms. The van der Waals surface area contributed by atoms with Gasteiger partial charge in [0.25, 0.3) is 0 Å². The van der Waals surface area contributed by atoms with Crippen LogP contribution in [0, 0.1) is 0 Å². The normalized spacial score (nSPS) is 10.8. The molecule has 0 aliphatic carbocycles. The smallest absolute Gasteiger partial charge is 0.303 e. The van der Waals surface area contributed by atoms with E-state index in [0.717, 1.165) is 33.2 Å². The number of aromatic nitrogens is 3. The zero-order valence-corrected chi connectivity index (χ0v) is 18.3. The third kappa shape index (κ3) is 4.33. The Labute approximate surface area is 190 Å². The molecule has 2 aromatic heterocycles. The topological polar surface area (TPSA) is 97.2 Å². The summed E-state index contributed by atoms with van der Waals surface area (Å²) in [6.07, 6.45) is 5.66. The fraction of sp³-hybridized carbons (Fsp3) is 0.167. The van der Waals surface area contributed by atoms with Gasteiger partial charge in [-0.25, -0.2) is 9.97 Å². The highest BCUT2D eigenvalue weighted by Gasteiger charge is 2.18. The number of rotatable bonds is 7. The number of carboxylic acid groups (broad SMARTS) is 1. The van der Waals surface area contributed by atoms with Crippen LogP contribution in [0.2, 0.25) is 5.02 Å². The number of aryl methyl sites for hydroxylation is 1. The molecule has 162 valence electrons. The van der Waals surface area contributed by atoms with Gasteiger partial charge >= 0.3 is 5.97 Å². The molecular weight excluding hydrogens is 428 g/mol. The lowest BCUT2D eigenvalue weighted by Gasteiger charge is -2.16. The number of ether oxygens (including phenoxy) is 1. The molecule has 0 aliphatic rings. The standard InChI is InChI=1S/C24H21ClN4O3/c1-26-24-28-13-20-18(16-9-17(25)12-27-11-16)10-19(23(32-2)22(20)29-24)15-6-3-14(4-7-15)5-8-21(30)31/h3-4,6-7,9-13H,5,8H2,1-2H3,(H,30,31)(H,26,28,29). The maximum absolute atomic E-state index is 10.9. The van der Waals surface area contributed by atoms with Gasteiger partial charge in [-0.3, -0.25) is 9.78 Å². The highest BCUT2D eigenvalue weighted by molar-refractivity contribution is 6.30. The molecule has 2 aromatic carbocycles. The van der Waals surface area contributed by atoms with Crippen molar-refractivity contribution in [3.05, 3.63) is 65.6 Å². The summed E-state index contributed by atoms with van der Waals surface area (Å²) in [5, 5.41) is 13.2. The number of pyridine rings is 1. The maximum Gasteiger partial charge on any atom is 0.303 e. The van der Waals surface area contributed by atoms with Crippen LogP contribution in [0.15, 0.2) is 55.0 Å². The van der Waals surface area contributed by atoms with E-state index >= 15 is 0 Å². The summed E-state index contributed by atoms with van der Waals surface area (Å²) in [6, 6.07) is 11.6. The van der Waals surface area contributed by atoms with Gasteiger partial charge in [-0.15, -0.1) is 0 Å². The number of anilines is 1. The van der Waals surface area contributed by atoms with Gasteiger partial charge < -0.3 is 15.2 Å². The molecule has 0 atom stereocenters. The van der Waals surface area contributed by atoms with Crippen molar-refractivity contribution in [1.29, 1.82) is 0 Å². The largest absolute Gasteiger partial charge is 0.494 e. The monoisotopic (exact) mass is 448 g/mol. The number of carboxylic acids is 1. The van der Waals surface area contributed by atoms with Crippen molar-refractivity contribution in [2.75, 3.05) is 19.5 Å². The molecule has 0 amide bonds. The molecular formula is C24H21ClN4O3. The molecule has 0 unspecified atom stereocenters. The number of hydrogen-bond donors (Lipinski definition) is 2. The zero-order valence-electron chi connectivity index (χ0n) is 17.6. The van der Waals surface area contributed by atoms with Gasteiger partial charge in [0.1, 0.15) is 5.52 Å². The molecule has 0 spiro atoms. The molecule has 0 aliphatic heterocycles. The van der Waals surface area contributed by atoms with Crippen molar-refractivity contribution in [1.82, 2.24) is 15.0 Å². The van der Waals surface area contributed by atoms with E-state index in [0.29, 0.717) is 28.7 Å². The Morgan fingerprint density at radius 1 is 1.09 bits per heavy atom. The Bertz CT molecular complexity index is 1290. The first-order chi connectivity index (χ1) is 15.5. The van der Waals surface area contributed by atoms with Crippen LogP contribution in [0.5, 0.6) is 5.75 Å². The summed E-state index contributed by atoms with van der Waals surface area (Å²) >= 11 is 6.21. The first-order valence-corrected chi connectivity index (χ1v) is 10.4. The van der Waals surface area contributed by atoms with E-state index in [-0.39, 0.29) is 6.42 Å². The second-order valence-electron chi connectivity index (χ2n) is 7.19. The highest BCUT2D eigenvalue weighted by Crippen LogP contribution is 2.42. The van der Waals surface area contributed by atoms with Gasteiger partial charge in [0.2, 0.25) is 5.95 Å². The number of nitrogens with one attached hydrogen (secondary N) is 1. The van der Waals surface area contributed by atoms with E-state index in [1.54, 1.807) is 32.7 Å². The number of nitrogens with zero attached hydrogens (tertiary/aromatic N) is 3. The van der Waals surface area contributed by atoms with E-state index < -0.39 is 5.97 Å². The fourth-order valence-corrected chi connectivity index (χ4v) is 3.78. The molecule has 2 heterocycles. The molecule has 4 aromatic rings. The van der Waals surface area contributed by atoms with Gasteiger partial charge in [0, 0.05) is 48.6 Å². The molecule has 2 N–H and O–H groups in total. The second-order valence-corrected chi connectivity index (χ2v) is 7.63. The summed E-state index contributed by atoms with van der Waals surface area (Å²) in [6.45, 7) is 0. The van der Waals surface area contributed by atoms with E-state index in [2.05, 4.69) is 20.3 Å². The summed E-state index contributed by atoms with van der Waals surface area (Å²) < 4.78 is 5.80. The van der Waals surface area contributed by atoms with Crippen molar-refractivity contribution in [2.45, 2.75) is 12.8 Å². The van der Waals surface area contributed by atoms with Crippen molar-refractivity contribution >= 4 is 34.4 Å². The Morgan fingerprint density at radius 2 is 1.88 bits per heavy atom. The lowest BCUT2D eigenvalue weighted by atomic mass is 9.94. The quantitative estimate of drug-likeness (QED) is 0.407. The number of carbonyl (C=O) groups is 1. The van der Waals surface area contributed by atoms with E-state index in [4.69, 9.17) is 21.4 Å². The van der Waals surface area contributed by atoms with E-state index in [1.807, 2.05) is 36.4 Å². The molecule has 0 saturated heterocycles. The molecule has 4 rings (SSSR count). The Kier molecular flexibility index (Phi) is 6.18. The number of hydrogen-bond acceptors (Lipinski definition) is 6. The van der Waals surface area contributed by atoms with Crippen LogP contribution in [0.1, 0.15) is 12.0 Å². The third-order valence-corrected chi connectivity index (χ3v) is 5.37. The van der Waals surface area contributed by atoms with Gasteiger partial charge in [-0.2, -0.15) is 0 Å².